The second kappa shape index (κ2) is 4.55. The van der Waals surface area contributed by atoms with E-state index in [1.807, 2.05) is 6.92 Å². The first kappa shape index (κ1) is 11.9. The fourth-order valence-electron chi connectivity index (χ4n) is 1.22. The van der Waals surface area contributed by atoms with Gasteiger partial charge in [-0.15, -0.1) is 0 Å². The highest BCUT2D eigenvalue weighted by Gasteiger charge is 2.09. The van der Waals surface area contributed by atoms with E-state index in [0.29, 0.717) is 17.7 Å². The van der Waals surface area contributed by atoms with E-state index >= 15 is 0 Å². The summed E-state index contributed by atoms with van der Waals surface area (Å²) in [4.78, 5) is -0.143. The van der Waals surface area contributed by atoms with Crippen LogP contribution in [0.4, 0.5) is 0 Å². The second-order valence-corrected chi connectivity index (χ2v) is 4.65. The molecule has 5 heteroatoms. The van der Waals surface area contributed by atoms with Crippen LogP contribution in [-0.2, 0) is 10.1 Å². The van der Waals surface area contributed by atoms with Crippen molar-refractivity contribution in [2.24, 2.45) is 0 Å². The van der Waals surface area contributed by atoms with Crippen LogP contribution in [-0.4, -0.2) is 18.7 Å². The van der Waals surface area contributed by atoms with Gasteiger partial charge in [0.15, 0.2) is 0 Å². The predicted octanol–water partition coefficient (Wildman–Crippen LogP) is 2.10. The number of hydrogen-bond acceptors (Lipinski definition) is 3. The van der Waals surface area contributed by atoms with Crippen molar-refractivity contribution in [2.45, 2.75) is 24.7 Å². The van der Waals surface area contributed by atoms with E-state index in [1.54, 1.807) is 0 Å². The van der Waals surface area contributed by atoms with Gasteiger partial charge in [0, 0.05) is 5.71 Å². The molecular formula is C10H13NO3S. The summed E-state index contributed by atoms with van der Waals surface area (Å²) in [6, 6.07) is 5.66. The van der Waals surface area contributed by atoms with Crippen LogP contribution in [0.5, 0.6) is 0 Å². The minimum atomic E-state index is -4.13. The van der Waals surface area contributed by atoms with Crippen LogP contribution in [0.3, 0.4) is 0 Å². The molecule has 82 valence electrons. The molecule has 0 bridgehead atoms. The summed E-state index contributed by atoms with van der Waals surface area (Å²) < 4.78 is 30.2. The molecule has 0 aliphatic heterocycles. The minimum absolute atomic E-state index is 0.143. The number of nitrogens with one attached hydrogen (secondary N) is 1. The van der Waals surface area contributed by atoms with Gasteiger partial charge in [-0.05, 0) is 24.1 Å². The van der Waals surface area contributed by atoms with Crippen molar-refractivity contribution in [3.8, 4) is 0 Å². The number of benzene rings is 1. The van der Waals surface area contributed by atoms with Gasteiger partial charge in [0.2, 0.25) is 0 Å². The third kappa shape index (κ3) is 3.14. The molecule has 0 saturated heterocycles. The zero-order valence-corrected chi connectivity index (χ0v) is 9.21. The smallest absolute Gasteiger partial charge is 0.294 e. The van der Waals surface area contributed by atoms with Gasteiger partial charge in [0.25, 0.3) is 10.1 Å². The molecule has 0 radical (unpaired) electrons. The molecule has 1 rings (SSSR count). The van der Waals surface area contributed by atoms with Crippen LogP contribution in [0.25, 0.3) is 0 Å². The summed E-state index contributed by atoms with van der Waals surface area (Å²) in [5, 5.41) is 7.64. The standard InChI is InChI=1S/C10H13NO3S/c1-2-3-10(11)8-4-6-9(7-5-8)15(12,13)14/h4-7,11H,2-3H2,1H3,(H,12,13,14). The van der Waals surface area contributed by atoms with Crippen LogP contribution in [0, 0.1) is 5.41 Å². The van der Waals surface area contributed by atoms with Crippen LogP contribution >= 0.6 is 0 Å². The molecule has 0 atom stereocenters. The second-order valence-electron chi connectivity index (χ2n) is 3.23. The Balaban J connectivity index is 2.96. The Morgan fingerprint density at radius 3 is 2.27 bits per heavy atom. The summed E-state index contributed by atoms with van der Waals surface area (Å²) >= 11 is 0. The molecule has 0 fully saturated rings. The molecule has 2 N–H and O–H groups in total. The molecule has 0 aliphatic rings. The maximum atomic E-state index is 10.7. The summed E-state index contributed by atoms with van der Waals surface area (Å²) in [7, 11) is -4.13. The van der Waals surface area contributed by atoms with Crippen molar-refractivity contribution < 1.29 is 13.0 Å². The average molecular weight is 227 g/mol. The van der Waals surface area contributed by atoms with Crippen LogP contribution in [0.1, 0.15) is 25.3 Å². The van der Waals surface area contributed by atoms with Crippen molar-refractivity contribution in [1.82, 2.24) is 0 Å². The van der Waals surface area contributed by atoms with E-state index in [1.165, 1.54) is 24.3 Å². The van der Waals surface area contributed by atoms with Gasteiger partial charge >= 0.3 is 0 Å². The Hall–Kier alpha value is -1.20. The maximum absolute atomic E-state index is 10.7. The lowest BCUT2D eigenvalue weighted by molar-refractivity contribution is 0.483. The zero-order valence-electron chi connectivity index (χ0n) is 8.40. The molecule has 0 spiro atoms. The van der Waals surface area contributed by atoms with E-state index in [2.05, 4.69) is 0 Å². The molecule has 4 nitrogen and oxygen atoms in total. The fraction of sp³-hybridized carbons (Fsp3) is 0.300. The molecule has 1 aromatic carbocycles. The summed E-state index contributed by atoms with van der Waals surface area (Å²) in [6.45, 7) is 1.97. The third-order valence-electron chi connectivity index (χ3n) is 2.00. The molecule has 0 heterocycles. The Labute approximate surface area is 89.2 Å². The van der Waals surface area contributed by atoms with E-state index < -0.39 is 10.1 Å². The Morgan fingerprint density at radius 1 is 1.33 bits per heavy atom. The van der Waals surface area contributed by atoms with Gasteiger partial charge in [-0.3, -0.25) is 4.55 Å². The lowest BCUT2D eigenvalue weighted by atomic mass is 10.1. The minimum Gasteiger partial charge on any atom is -0.305 e. The van der Waals surface area contributed by atoms with E-state index in [9.17, 15) is 8.42 Å². The van der Waals surface area contributed by atoms with Crippen molar-refractivity contribution in [2.75, 3.05) is 0 Å². The Morgan fingerprint density at radius 2 is 1.87 bits per heavy atom. The first-order valence-corrected chi connectivity index (χ1v) is 6.04. The van der Waals surface area contributed by atoms with E-state index in [-0.39, 0.29) is 4.90 Å². The van der Waals surface area contributed by atoms with Crippen molar-refractivity contribution in [1.29, 1.82) is 5.41 Å². The molecular weight excluding hydrogens is 214 g/mol. The van der Waals surface area contributed by atoms with Crippen LogP contribution in [0.2, 0.25) is 0 Å². The molecule has 0 aliphatic carbocycles. The highest BCUT2D eigenvalue weighted by Crippen LogP contribution is 2.11. The molecule has 1 aromatic rings. The van der Waals surface area contributed by atoms with Gasteiger partial charge in [-0.25, -0.2) is 0 Å². The van der Waals surface area contributed by atoms with Gasteiger partial charge in [0.1, 0.15) is 0 Å². The molecule has 0 amide bonds. The molecule has 0 unspecified atom stereocenters. The molecule has 0 aromatic heterocycles. The monoisotopic (exact) mass is 227 g/mol. The summed E-state index contributed by atoms with van der Waals surface area (Å²) in [5.74, 6) is 0. The van der Waals surface area contributed by atoms with Crippen LogP contribution < -0.4 is 0 Å². The lowest BCUT2D eigenvalue weighted by Gasteiger charge is -2.03. The average Bonchev–Trinajstić information content (AvgIpc) is 2.17. The van der Waals surface area contributed by atoms with Crippen molar-refractivity contribution in [3.63, 3.8) is 0 Å². The van der Waals surface area contributed by atoms with Gasteiger partial charge in [-0.2, -0.15) is 8.42 Å². The third-order valence-corrected chi connectivity index (χ3v) is 2.87. The topological polar surface area (TPSA) is 78.2 Å². The maximum Gasteiger partial charge on any atom is 0.294 e. The molecule has 15 heavy (non-hydrogen) atoms. The van der Waals surface area contributed by atoms with Crippen LogP contribution in [0.15, 0.2) is 29.2 Å². The highest BCUT2D eigenvalue weighted by molar-refractivity contribution is 7.85. The van der Waals surface area contributed by atoms with Crippen molar-refractivity contribution >= 4 is 15.8 Å². The first-order chi connectivity index (χ1) is 6.95. The SMILES string of the molecule is CCCC(=N)c1ccc(S(=O)(=O)O)cc1. The highest BCUT2D eigenvalue weighted by atomic mass is 32.2. The lowest BCUT2D eigenvalue weighted by Crippen LogP contribution is -2.01. The zero-order chi connectivity index (χ0) is 11.5. The predicted molar refractivity (Wildman–Crippen MR) is 58.0 cm³/mol. The largest absolute Gasteiger partial charge is 0.305 e. The summed E-state index contributed by atoms with van der Waals surface area (Å²) in [6.07, 6.45) is 1.53. The quantitative estimate of drug-likeness (QED) is 0.610. The van der Waals surface area contributed by atoms with E-state index in [0.717, 1.165) is 6.42 Å². The van der Waals surface area contributed by atoms with Gasteiger partial charge in [0.05, 0.1) is 4.90 Å². The first-order valence-electron chi connectivity index (χ1n) is 4.60. The van der Waals surface area contributed by atoms with Gasteiger partial charge in [-0.1, -0.05) is 25.5 Å². The Bertz CT molecular complexity index is 448. The van der Waals surface area contributed by atoms with Crippen molar-refractivity contribution in [3.05, 3.63) is 29.8 Å². The van der Waals surface area contributed by atoms with Gasteiger partial charge < -0.3 is 5.41 Å². The number of hydrogen-bond donors (Lipinski definition) is 2. The number of rotatable bonds is 4. The fourth-order valence-corrected chi connectivity index (χ4v) is 1.70. The van der Waals surface area contributed by atoms with E-state index in [4.69, 9.17) is 9.96 Å². The molecule has 0 saturated carbocycles. The summed E-state index contributed by atoms with van der Waals surface area (Å²) in [5.41, 5.74) is 1.16. The normalized spacial score (nSPS) is 11.3. The Kier molecular flexibility index (Phi) is 3.60.